The molecule has 0 aliphatic heterocycles. The summed E-state index contributed by atoms with van der Waals surface area (Å²) in [6.07, 6.45) is 1.05. The van der Waals surface area contributed by atoms with Crippen molar-refractivity contribution in [2.75, 3.05) is 7.05 Å². The van der Waals surface area contributed by atoms with E-state index in [4.69, 9.17) is 32.7 Å². The van der Waals surface area contributed by atoms with Gasteiger partial charge < -0.3 is 14.4 Å². The van der Waals surface area contributed by atoms with E-state index in [0.29, 0.717) is 15.6 Å². The van der Waals surface area contributed by atoms with Crippen molar-refractivity contribution in [2.45, 2.75) is 26.3 Å². The minimum Gasteiger partial charge on any atom is -0.481 e. The molecule has 0 saturated heterocycles. The number of nitrogens with zero attached hydrogens (tertiary/aromatic N) is 1. The number of hydrogen-bond donors (Lipinski definition) is 1. The molecule has 2 rings (SSSR count). The van der Waals surface area contributed by atoms with Gasteiger partial charge in [0.1, 0.15) is 12.2 Å². The van der Waals surface area contributed by atoms with Crippen molar-refractivity contribution >= 4 is 35.1 Å². The van der Waals surface area contributed by atoms with Crippen molar-refractivity contribution in [1.82, 2.24) is 4.90 Å². The number of amides is 1. The molecular formula is C17H17Cl2NO4. The third-order valence-electron chi connectivity index (χ3n) is 3.90. The molecule has 5 nitrogen and oxygen atoms in total. The largest absolute Gasteiger partial charge is 0.481 e. The van der Waals surface area contributed by atoms with Crippen LogP contribution < -0.4 is 0 Å². The number of hydrogen-bond acceptors (Lipinski definition) is 3. The molecule has 1 atom stereocenters. The highest BCUT2D eigenvalue weighted by Crippen LogP contribution is 2.29. The van der Waals surface area contributed by atoms with Gasteiger partial charge in [0.05, 0.1) is 27.9 Å². The monoisotopic (exact) mass is 369 g/mol. The molecule has 0 spiro atoms. The number of aliphatic carboxylic acids is 1. The fourth-order valence-electron chi connectivity index (χ4n) is 2.40. The second-order valence-electron chi connectivity index (χ2n) is 5.55. The summed E-state index contributed by atoms with van der Waals surface area (Å²) in [5.74, 6) is -1.21. The Morgan fingerprint density at radius 1 is 1.29 bits per heavy atom. The zero-order chi connectivity index (χ0) is 18.0. The first-order valence-electron chi connectivity index (χ1n) is 7.23. The van der Waals surface area contributed by atoms with Crippen molar-refractivity contribution in [2.24, 2.45) is 0 Å². The van der Waals surface area contributed by atoms with E-state index in [0.717, 1.165) is 5.56 Å². The van der Waals surface area contributed by atoms with Gasteiger partial charge in [-0.2, -0.15) is 0 Å². The van der Waals surface area contributed by atoms with Crippen molar-refractivity contribution in [1.29, 1.82) is 0 Å². The number of halogens is 2. The Hall–Kier alpha value is -1.98. The van der Waals surface area contributed by atoms with Crippen molar-refractivity contribution in [3.8, 4) is 0 Å². The Bertz CT molecular complexity index is 785. The van der Waals surface area contributed by atoms with Crippen molar-refractivity contribution in [3.05, 3.63) is 57.0 Å². The van der Waals surface area contributed by atoms with Gasteiger partial charge in [-0.05, 0) is 31.5 Å². The molecular weight excluding hydrogens is 353 g/mol. The molecule has 1 unspecified atom stereocenters. The number of benzene rings is 1. The molecule has 2 aromatic rings. The highest BCUT2D eigenvalue weighted by Gasteiger charge is 2.26. The zero-order valence-electron chi connectivity index (χ0n) is 13.5. The first kappa shape index (κ1) is 18.4. The summed E-state index contributed by atoms with van der Waals surface area (Å²) in [4.78, 5) is 25.3. The topological polar surface area (TPSA) is 70.7 Å². The van der Waals surface area contributed by atoms with Gasteiger partial charge in [-0.25, -0.2) is 0 Å². The van der Waals surface area contributed by atoms with Gasteiger partial charge >= 0.3 is 5.97 Å². The van der Waals surface area contributed by atoms with Crippen LogP contribution in [-0.4, -0.2) is 28.9 Å². The summed E-state index contributed by atoms with van der Waals surface area (Å²) >= 11 is 12.0. The third kappa shape index (κ3) is 3.74. The number of carboxylic acids is 1. The molecule has 0 aliphatic rings. The molecule has 0 fully saturated rings. The molecule has 1 heterocycles. The molecule has 24 heavy (non-hydrogen) atoms. The maximum atomic E-state index is 12.8. The first-order valence-corrected chi connectivity index (χ1v) is 7.98. The average molecular weight is 370 g/mol. The predicted octanol–water partition coefficient (Wildman–Crippen LogP) is 4.36. The van der Waals surface area contributed by atoms with E-state index < -0.39 is 5.97 Å². The van der Waals surface area contributed by atoms with E-state index in [1.807, 2.05) is 6.92 Å². The average Bonchev–Trinajstić information content (AvgIpc) is 2.87. The summed E-state index contributed by atoms with van der Waals surface area (Å²) < 4.78 is 5.23. The molecule has 0 aliphatic carbocycles. The zero-order valence-corrected chi connectivity index (χ0v) is 15.0. The Morgan fingerprint density at radius 3 is 2.54 bits per heavy atom. The summed E-state index contributed by atoms with van der Waals surface area (Å²) in [5.41, 5.74) is 1.71. The van der Waals surface area contributed by atoms with Gasteiger partial charge in [0, 0.05) is 12.6 Å². The summed E-state index contributed by atoms with van der Waals surface area (Å²) in [7, 11) is 1.65. The third-order valence-corrected chi connectivity index (χ3v) is 4.64. The van der Waals surface area contributed by atoms with Gasteiger partial charge in [-0.15, -0.1) is 0 Å². The van der Waals surface area contributed by atoms with Gasteiger partial charge in [-0.1, -0.05) is 29.3 Å². The number of furan rings is 1. The van der Waals surface area contributed by atoms with Gasteiger partial charge in [0.15, 0.2) is 0 Å². The van der Waals surface area contributed by atoms with Crippen LogP contribution in [0.2, 0.25) is 10.0 Å². The van der Waals surface area contributed by atoms with Crippen LogP contribution in [0.4, 0.5) is 0 Å². The summed E-state index contributed by atoms with van der Waals surface area (Å²) in [6.45, 7) is 3.56. The highest BCUT2D eigenvalue weighted by molar-refractivity contribution is 6.42. The standard InChI is InChI=1S/C17H17Cl2NO4/c1-9-8-24-14(7-15(21)22)16(9)17(23)20(3)10(2)11-4-5-12(18)13(19)6-11/h4-6,8,10H,7H2,1-3H3,(H,21,22). The van der Waals surface area contributed by atoms with Gasteiger partial charge in [0.25, 0.3) is 5.91 Å². The SMILES string of the molecule is Cc1coc(CC(=O)O)c1C(=O)N(C)C(C)c1ccc(Cl)c(Cl)c1. The lowest BCUT2D eigenvalue weighted by molar-refractivity contribution is -0.136. The van der Waals surface area contributed by atoms with Crippen molar-refractivity contribution in [3.63, 3.8) is 0 Å². The Labute approximate surface area is 149 Å². The maximum Gasteiger partial charge on any atom is 0.311 e. The molecule has 0 bridgehead atoms. The predicted molar refractivity (Wildman–Crippen MR) is 91.8 cm³/mol. The van der Waals surface area contributed by atoms with E-state index in [9.17, 15) is 9.59 Å². The number of carbonyl (C=O) groups excluding carboxylic acids is 1. The molecule has 1 N–H and O–H groups in total. The second kappa shape index (κ2) is 7.28. The number of carbonyl (C=O) groups is 2. The second-order valence-corrected chi connectivity index (χ2v) is 6.37. The number of rotatable bonds is 5. The maximum absolute atomic E-state index is 12.8. The van der Waals surface area contributed by atoms with Crippen LogP contribution in [0.15, 0.2) is 28.9 Å². The van der Waals surface area contributed by atoms with Crippen LogP contribution in [-0.2, 0) is 11.2 Å². The van der Waals surface area contributed by atoms with Crippen LogP contribution in [0.3, 0.4) is 0 Å². The molecule has 1 aromatic carbocycles. The molecule has 7 heteroatoms. The lowest BCUT2D eigenvalue weighted by Gasteiger charge is -2.26. The van der Waals surface area contributed by atoms with Gasteiger partial charge in [-0.3, -0.25) is 9.59 Å². The van der Waals surface area contributed by atoms with Gasteiger partial charge in [0.2, 0.25) is 0 Å². The molecule has 0 radical (unpaired) electrons. The molecule has 128 valence electrons. The lowest BCUT2D eigenvalue weighted by Crippen LogP contribution is -2.30. The Morgan fingerprint density at radius 2 is 1.96 bits per heavy atom. The fourth-order valence-corrected chi connectivity index (χ4v) is 2.71. The minimum atomic E-state index is -1.06. The van der Waals surface area contributed by atoms with Crippen LogP contribution in [0.25, 0.3) is 0 Å². The Kier molecular flexibility index (Phi) is 5.57. The molecule has 0 saturated carbocycles. The molecule has 1 amide bonds. The minimum absolute atomic E-state index is 0.151. The van der Waals surface area contributed by atoms with Crippen LogP contribution in [0, 0.1) is 6.92 Å². The van der Waals surface area contributed by atoms with Crippen molar-refractivity contribution < 1.29 is 19.1 Å². The smallest absolute Gasteiger partial charge is 0.311 e. The lowest BCUT2D eigenvalue weighted by atomic mass is 10.0. The van der Waals surface area contributed by atoms with E-state index in [1.165, 1.54) is 11.2 Å². The number of aryl methyl sites for hydroxylation is 1. The summed E-state index contributed by atoms with van der Waals surface area (Å²) in [5, 5.41) is 9.80. The first-order chi connectivity index (χ1) is 11.2. The fraction of sp³-hybridized carbons (Fsp3) is 0.294. The highest BCUT2D eigenvalue weighted by atomic mass is 35.5. The quantitative estimate of drug-likeness (QED) is 0.849. The van der Waals surface area contributed by atoms with Crippen LogP contribution >= 0.6 is 23.2 Å². The molecule has 1 aromatic heterocycles. The summed E-state index contributed by atoms with van der Waals surface area (Å²) in [6, 6.07) is 4.90. The van der Waals surface area contributed by atoms with E-state index in [1.54, 1.807) is 32.2 Å². The van der Waals surface area contributed by atoms with Crippen LogP contribution in [0.1, 0.15) is 40.2 Å². The van der Waals surface area contributed by atoms with E-state index in [2.05, 4.69) is 0 Å². The van der Waals surface area contributed by atoms with E-state index >= 15 is 0 Å². The van der Waals surface area contributed by atoms with E-state index in [-0.39, 0.29) is 29.7 Å². The van der Waals surface area contributed by atoms with Crippen LogP contribution in [0.5, 0.6) is 0 Å². The Balaban J connectivity index is 2.30. The number of carboxylic acid groups (broad SMARTS) is 1. The normalized spacial score (nSPS) is 12.0.